The molecule has 0 aromatic heterocycles. The van der Waals surface area contributed by atoms with Gasteiger partial charge in [-0.2, -0.15) is 0 Å². The van der Waals surface area contributed by atoms with E-state index in [4.69, 9.17) is 10.1 Å². The van der Waals surface area contributed by atoms with E-state index in [2.05, 4.69) is 4.89 Å². The summed E-state index contributed by atoms with van der Waals surface area (Å²) < 4.78 is 12.9. The highest BCUT2D eigenvalue weighted by Gasteiger charge is 2.37. The van der Waals surface area contributed by atoms with Crippen LogP contribution in [0.4, 0.5) is 4.39 Å². The van der Waals surface area contributed by atoms with E-state index in [1.54, 1.807) is 12.1 Å². The van der Waals surface area contributed by atoms with Gasteiger partial charge in [0.15, 0.2) is 0 Å². The predicted molar refractivity (Wildman–Crippen MR) is 75.7 cm³/mol. The molecule has 23 heavy (non-hydrogen) atoms. The molecule has 3 rings (SSSR count). The Labute approximate surface area is 130 Å². The maximum Gasteiger partial charge on any atom is 0.285 e. The molecule has 1 heterocycles. The smallest absolute Gasteiger partial charge is 0.266 e. The topological polar surface area (TPSA) is 76.1 Å². The second-order valence-corrected chi connectivity index (χ2v) is 4.89. The standard InChI is InChI=1S/C16H12FNO5/c17-11-7-5-10(6-8-11)14(23-21)9-22-18-15(19)12-3-1-2-4-13(12)16(18)20/h1-8,14,21H,9H2. The zero-order valence-electron chi connectivity index (χ0n) is 11.8. The van der Waals surface area contributed by atoms with Gasteiger partial charge in [0.1, 0.15) is 18.5 Å². The van der Waals surface area contributed by atoms with Crippen LogP contribution < -0.4 is 0 Å². The first-order valence-electron chi connectivity index (χ1n) is 6.78. The third-order valence-electron chi connectivity index (χ3n) is 3.48. The molecular weight excluding hydrogens is 305 g/mol. The molecule has 0 aliphatic carbocycles. The lowest BCUT2D eigenvalue weighted by Crippen LogP contribution is -2.32. The van der Waals surface area contributed by atoms with Crippen molar-refractivity contribution in [1.82, 2.24) is 5.06 Å². The summed E-state index contributed by atoms with van der Waals surface area (Å²) in [5, 5.41) is 9.59. The number of imide groups is 1. The van der Waals surface area contributed by atoms with Crippen LogP contribution >= 0.6 is 0 Å². The molecule has 0 fully saturated rings. The Kier molecular flexibility index (Phi) is 4.16. The van der Waals surface area contributed by atoms with Gasteiger partial charge in [-0.05, 0) is 29.8 Å². The maximum atomic E-state index is 12.9. The highest BCUT2D eigenvalue weighted by molar-refractivity contribution is 6.20. The summed E-state index contributed by atoms with van der Waals surface area (Å²) in [5.74, 6) is -1.60. The number of benzene rings is 2. The minimum atomic E-state index is -0.972. The predicted octanol–water partition coefficient (Wildman–Crippen LogP) is 2.58. The summed E-state index contributed by atoms with van der Waals surface area (Å²) in [7, 11) is 0. The van der Waals surface area contributed by atoms with E-state index >= 15 is 0 Å². The zero-order valence-corrected chi connectivity index (χ0v) is 11.8. The van der Waals surface area contributed by atoms with E-state index < -0.39 is 23.7 Å². The Bertz CT molecular complexity index is 711. The number of nitrogens with zero attached hydrogens (tertiary/aromatic N) is 1. The number of carbonyl (C=O) groups excluding carboxylic acids is 2. The van der Waals surface area contributed by atoms with Crippen molar-refractivity contribution in [2.45, 2.75) is 6.10 Å². The first-order chi connectivity index (χ1) is 11.1. The average Bonchev–Trinajstić information content (AvgIpc) is 2.82. The molecule has 0 saturated carbocycles. The minimum absolute atomic E-state index is 0.251. The monoisotopic (exact) mass is 317 g/mol. The lowest BCUT2D eigenvalue weighted by Gasteiger charge is -2.18. The van der Waals surface area contributed by atoms with Gasteiger partial charge in [-0.1, -0.05) is 24.3 Å². The molecule has 0 bridgehead atoms. The molecule has 2 aromatic carbocycles. The van der Waals surface area contributed by atoms with Crippen molar-refractivity contribution in [3.8, 4) is 0 Å². The molecule has 1 N–H and O–H groups in total. The maximum absolute atomic E-state index is 12.9. The molecule has 118 valence electrons. The molecule has 1 aliphatic heterocycles. The zero-order chi connectivity index (χ0) is 16.4. The van der Waals surface area contributed by atoms with Gasteiger partial charge in [0.2, 0.25) is 0 Å². The van der Waals surface area contributed by atoms with Crippen LogP contribution in [0.15, 0.2) is 48.5 Å². The van der Waals surface area contributed by atoms with Crippen molar-refractivity contribution >= 4 is 11.8 Å². The van der Waals surface area contributed by atoms with Crippen LogP contribution in [-0.2, 0) is 9.73 Å². The van der Waals surface area contributed by atoms with Crippen molar-refractivity contribution in [1.29, 1.82) is 0 Å². The summed E-state index contributed by atoms with van der Waals surface area (Å²) in [6, 6.07) is 11.5. The molecule has 2 amide bonds. The molecule has 1 unspecified atom stereocenters. The van der Waals surface area contributed by atoms with E-state index in [-0.39, 0.29) is 17.7 Å². The van der Waals surface area contributed by atoms with Gasteiger partial charge in [-0.25, -0.2) is 9.28 Å². The second-order valence-electron chi connectivity index (χ2n) is 4.89. The normalized spacial score (nSPS) is 15.0. The van der Waals surface area contributed by atoms with Crippen LogP contribution in [0.25, 0.3) is 0 Å². The van der Waals surface area contributed by atoms with E-state index in [9.17, 15) is 14.0 Å². The number of hydrogen-bond acceptors (Lipinski definition) is 5. The average molecular weight is 317 g/mol. The van der Waals surface area contributed by atoms with Crippen LogP contribution in [0.1, 0.15) is 32.4 Å². The molecule has 0 spiro atoms. The van der Waals surface area contributed by atoms with Gasteiger partial charge >= 0.3 is 0 Å². The minimum Gasteiger partial charge on any atom is -0.266 e. The largest absolute Gasteiger partial charge is 0.285 e. The molecule has 1 aliphatic rings. The second kappa shape index (κ2) is 6.25. The van der Waals surface area contributed by atoms with Crippen LogP contribution in [-0.4, -0.2) is 28.7 Å². The van der Waals surface area contributed by atoms with Crippen LogP contribution in [0.5, 0.6) is 0 Å². The summed E-state index contributed by atoms with van der Waals surface area (Å²) in [6.45, 7) is -0.298. The highest BCUT2D eigenvalue weighted by Crippen LogP contribution is 2.24. The first kappa shape index (κ1) is 15.3. The van der Waals surface area contributed by atoms with E-state index in [1.165, 1.54) is 36.4 Å². The van der Waals surface area contributed by atoms with E-state index in [0.717, 1.165) is 0 Å². The van der Waals surface area contributed by atoms with Gasteiger partial charge in [-0.3, -0.25) is 19.7 Å². The van der Waals surface area contributed by atoms with E-state index in [0.29, 0.717) is 10.6 Å². The Balaban J connectivity index is 1.72. The van der Waals surface area contributed by atoms with Crippen LogP contribution in [0.3, 0.4) is 0 Å². The number of amides is 2. The number of fused-ring (bicyclic) bond motifs is 1. The van der Waals surface area contributed by atoms with Crippen molar-refractivity contribution in [2.24, 2.45) is 0 Å². The fourth-order valence-electron chi connectivity index (χ4n) is 2.29. The molecular formula is C16H12FNO5. The summed E-state index contributed by atoms with van der Waals surface area (Å²) in [5.41, 5.74) is 0.937. The molecule has 0 radical (unpaired) electrons. The Morgan fingerprint density at radius 2 is 1.57 bits per heavy atom. The van der Waals surface area contributed by atoms with Gasteiger partial charge in [0.25, 0.3) is 11.8 Å². The molecule has 2 aromatic rings. The van der Waals surface area contributed by atoms with Gasteiger partial charge in [0.05, 0.1) is 11.1 Å². The molecule has 7 heteroatoms. The van der Waals surface area contributed by atoms with Crippen molar-refractivity contribution in [3.63, 3.8) is 0 Å². The number of hydroxylamine groups is 2. The molecule has 1 atom stereocenters. The van der Waals surface area contributed by atoms with Crippen LogP contribution in [0.2, 0.25) is 0 Å². The third kappa shape index (κ3) is 2.85. The Morgan fingerprint density at radius 3 is 2.09 bits per heavy atom. The lowest BCUT2D eigenvalue weighted by atomic mass is 10.1. The van der Waals surface area contributed by atoms with Crippen molar-refractivity contribution < 1.29 is 29.0 Å². The lowest BCUT2D eigenvalue weighted by molar-refractivity contribution is -0.299. The van der Waals surface area contributed by atoms with Crippen LogP contribution in [0, 0.1) is 5.82 Å². The quantitative estimate of drug-likeness (QED) is 0.521. The third-order valence-corrected chi connectivity index (χ3v) is 3.48. The number of halogens is 1. The van der Waals surface area contributed by atoms with Gasteiger partial charge < -0.3 is 0 Å². The number of rotatable bonds is 5. The number of hydrogen-bond donors (Lipinski definition) is 1. The fourth-order valence-corrected chi connectivity index (χ4v) is 2.29. The Hall–Kier alpha value is -2.61. The Morgan fingerprint density at radius 1 is 1.00 bits per heavy atom. The fraction of sp³-hybridized carbons (Fsp3) is 0.125. The molecule has 0 saturated heterocycles. The van der Waals surface area contributed by atoms with E-state index in [1.807, 2.05) is 0 Å². The summed E-state index contributed by atoms with van der Waals surface area (Å²) >= 11 is 0. The van der Waals surface area contributed by atoms with Gasteiger partial charge in [0, 0.05) is 0 Å². The van der Waals surface area contributed by atoms with Gasteiger partial charge in [-0.15, -0.1) is 5.06 Å². The highest BCUT2D eigenvalue weighted by atomic mass is 19.1. The van der Waals surface area contributed by atoms with Crippen molar-refractivity contribution in [2.75, 3.05) is 6.61 Å². The number of carbonyl (C=O) groups is 2. The van der Waals surface area contributed by atoms with Crippen molar-refractivity contribution in [3.05, 3.63) is 71.0 Å². The summed E-state index contributed by atoms with van der Waals surface area (Å²) in [4.78, 5) is 33.7. The molecule has 6 nitrogen and oxygen atoms in total. The SMILES string of the molecule is O=C1c2ccccc2C(=O)N1OCC(OO)c1ccc(F)cc1. The first-order valence-corrected chi connectivity index (χ1v) is 6.78. The summed E-state index contributed by atoms with van der Waals surface area (Å²) in [6.07, 6.45) is -0.972.